The average molecular weight is 226 g/mol. The molecule has 3 aromatic rings. The van der Waals surface area contributed by atoms with Crippen LogP contribution in [-0.4, -0.2) is 9.78 Å². The third kappa shape index (κ3) is 1.91. The third-order valence-electron chi connectivity index (χ3n) is 2.78. The zero-order valence-corrected chi connectivity index (χ0v) is 9.18. The molecule has 3 rings (SSSR count). The molecule has 0 aliphatic carbocycles. The smallest absolute Gasteiger partial charge is 0.124 e. The second-order valence-electron chi connectivity index (χ2n) is 3.99. The number of halogens is 1. The van der Waals surface area contributed by atoms with Crippen LogP contribution in [0.15, 0.2) is 54.7 Å². The maximum atomic E-state index is 13.0. The molecule has 2 nitrogen and oxygen atoms in total. The number of fused-ring (bicyclic) bond motifs is 1. The van der Waals surface area contributed by atoms with Crippen LogP contribution in [0, 0.1) is 5.82 Å². The van der Waals surface area contributed by atoms with Crippen molar-refractivity contribution in [1.29, 1.82) is 0 Å². The highest BCUT2D eigenvalue weighted by Crippen LogP contribution is 2.16. The summed E-state index contributed by atoms with van der Waals surface area (Å²) < 4.78 is 14.9. The van der Waals surface area contributed by atoms with Crippen molar-refractivity contribution < 1.29 is 4.39 Å². The minimum absolute atomic E-state index is 0.225. The molecule has 0 unspecified atom stereocenters. The van der Waals surface area contributed by atoms with Crippen molar-refractivity contribution in [3.05, 3.63) is 66.1 Å². The Hall–Kier alpha value is -2.16. The Morgan fingerprint density at radius 1 is 1.06 bits per heavy atom. The molecular weight excluding hydrogens is 215 g/mol. The Kier molecular flexibility index (Phi) is 2.37. The average Bonchev–Trinajstić information content (AvgIpc) is 2.73. The molecule has 1 aromatic heterocycles. The lowest BCUT2D eigenvalue weighted by Gasteiger charge is -2.03. The number of hydrogen-bond acceptors (Lipinski definition) is 1. The van der Waals surface area contributed by atoms with Crippen molar-refractivity contribution in [1.82, 2.24) is 9.78 Å². The molecule has 84 valence electrons. The number of nitrogens with zero attached hydrogens (tertiary/aromatic N) is 2. The summed E-state index contributed by atoms with van der Waals surface area (Å²) in [5.74, 6) is -0.225. The summed E-state index contributed by atoms with van der Waals surface area (Å²) in [6, 6.07) is 14.8. The first-order valence-electron chi connectivity index (χ1n) is 5.48. The molecule has 1 heterocycles. The molecule has 3 heteroatoms. The molecule has 0 radical (unpaired) electrons. The lowest BCUT2D eigenvalue weighted by Crippen LogP contribution is -2.00. The van der Waals surface area contributed by atoms with Gasteiger partial charge in [0.15, 0.2) is 0 Å². The molecule has 0 saturated heterocycles. The molecule has 0 aliphatic rings. The van der Waals surface area contributed by atoms with Gasteiger partial charge < -0.3 is 0 Å². The Morgan fingerprint density at radius 2 is 1.88 bits per heavy atom. The lowest BCUT2D eigenvalue weighted by atomic mass is 10.2. The largest absolute Gasteiger partial charge is 0.260 e. The summed E-state index contributed by atoms with van der Waals surface area (Å²) in [4.78, 5) is 0. The third-order valence-corrected chi connectivity index (χ3v) is 2.78. The highest BCUT2D eigenvalue weighted by atomic mass is 19.1. The fraction of sp³-hybridized carbons (Fsp3) is 0.0714. The van der Waals surface area contributed by atoms with E-state index in [9.17, 15) is 4.39 Å². The molecular formula is C14H11FN2. The summed E-state index contributed by atoms with van der Waals surface area (Å²) in [7, 11) is 0. The number of hydrogen-bond donors (Lipinski definition) is 0. The van der Waals surface area contributed by atoms with Gasteiger partial charge in [0.05, 0.1) is 18.3 Å². The molecule has 0 aliphatic heterocycles. The molecule has 0 atom stereocenters. The first-order chi connectivity index (χ1) is 8.33. The summed E-state index contributed by atoms with van der Waals surface area (Å²) in [5, 5.41) is 5.12. The van der Waals surface area contributed by atoms with Crippen molar-refractivity contribution in [2.75, 3.05) is 0 Å². The van der Waals surface area contributed by atoms with Gasteiger partial charge in [-0.25, -0.2) is 4.39 Å². The van der Waals surface area contributed by atoms with Gasteiger partial charge in [-0.05, 0) is 23.8 Å². The van der Waals surface area contributed by atoms with Crippen molar-refractivity contribution in [3.8, 4) is 0 Å². The van der Waals surface area contributed by atoms with Gasteiger partial charge in [0, 0.05) is 5.39 Å². The molecule has 0 bridgehead atoms. The normalized spacial score (nSPS) is 10.9. The Labute approximate surface area is 98.3 Å². The van der Waals surface area contributed by atoms with Crippen molar-refractivity contribution in [2.45, 2.75) is 6.54 Å². The maximum absolute atomic E-state index is 13.0. The standard InChI is InChI=1S/C14H11FN2/c15-13-6-7-14-12(8-13)9-16-17(14)10-11-4-2-1-3-5-11/h1-9H,10H2. The van der Waals surface area contributed by atoms with E-state index in [1.165, 1.54) is 17.7 Å². The molecule has 0 N–H and O–H groups in total. The molecule has 0 saturated carbocycles. The number of aromatic nitrogens is 2. The summed E-state index contributed by atoms with van der Waals surface area (Å²) in [6.45, 7) is 0.704. The Morgan fingerprint density at radius 3 is 2.71 bits per heavy atom. The highest BCUT2D eigenvalue weighted by Gasteiger charge is 2.03. The molecule has 17 heavy (non-hydrogen) atoms. The number of rotatable bonds is 2. The van der Waals surface area contributed by atoms with E-state index in [1.54, 1.807) is 12.3 Å². The predicted molar refractivity (Wildman–Crippen MR) is 65.2 cm³/mol. The van der Waals surface area contributed by atoms with Crippen LogP contribution in [0.3, 0.4) is 0 Å². The molecule has 2 aromatic carbocycles. The fourth-order valence-corrected chi connectivity index (χ4v) is 1.94. The maximum Gasteiger partial charge on any atom is 0.124 e. The van der Waals surface area contributed by atoms with Crippen LogP contribution in [0.1, 0.15) is 5.56 Å². The SMILES string of the molecule is Fc1ccc2c(cnn2Cc2ccccc2)c1. The van der Waals surface area contributed by atoms with Gasteiger partial charge in [-0.15, -0.1) is 0 Å². The van der Waals surface area contributed by atoms with E-state index in [0.29, 0.717) is 6.54 Å². The van der Waals surface area contributed by atoms with Crippen LogP contribution in [0.4, 0.5) is 4.39 Å². The Bertz CT molecular complexity index is 644. The van der Waals surface area contributed by atoms with Crippen molar-refractivity contribution in [2.24, 2.45) is 0 Å². The first-order valence-corrected chi connectivity index (χ1v) is 5.48. The summed E-state index contributed by atoms with van der Waals surface area (Å²) >= 11 is 0. The van der Waals surface area contributed by atoms with Gasteiger partial charge in [0.25, 0.3) is 0 Å². The quantitative estimate of drug-likeness (QED) is 0.656. The van der Waals surface area contributed by atoms with Gasteiger partial charge >= 0.3 is 0 Å². The van der Waals surface area contributed by atoms with Gasteiger partial charge in [-0.2, -0.15) is 5.10 Å². The van der Waals surface area contributed by atoms with Gasteiger partial charge in [0.1, 0.15) is 5.82 Å². The predicted octanol–water partition coefficient (Wildman–Crippen LogP) is 3.22. The minimum Gasteiger partial charge on any atom is -0.260 e. The van der Waals surface area contributed by atoms with Crippen molar-refractivity contribution in [3.63, 3.8) is 0 Å². The zero-order chi connectivity index (χ0) is 11.7. The second kappa shape index (κ2) is 4.01. The minimum atomic E-state index is -0.225. The second-order valence-corrected chi connectivity index (χ2v) is 3.99. The van der Waals surface area contributed by atoms with Crippen LogP contribution in [0.25, 0.3) is 10.9 Å². The van der Waals surface area contributed by atoms with E-state index in [4.69, 9.17) is 0 Å². The van der Waals surface area contributed by atoms with Crippen molar-refractivity contribution >= 4 is 10.9 Å². The molecule has 0 amide bonds. The zero-order valence-electron chi connectivity index (χ0n) is 9.18. The number of benzene rings is 2. The van der Waals surface area contributed by atoms with Crippen LogP contribution in [0.5, 0.6) is 0 Å². The van der Waals surface area contributed by atoms with E-state index >= 15 is 0 Å². The topological polar surface area (TPSA) is 17.8 Å². The molecule has 0 fully saturated rings. The van der Waals surface area contributed by atoms with Crippen LogP contribution in [0.2, 0.25) is 0 Å². The molecule has 0 spiro atoms. The van der Waals surface area contributed by atoms with Crippen LogP contribution < -0.4 is 0 Å². The van der Waals surface area contributed by atoms with E-state index in [2.05, 4.69) is 17.2 Å². The Balaban J connectivity index is 2.01. The van der Waals surface area contributed by atoms with E-state index in [0.717, 1.165) is 10.9 Å². The van der Waals surface area contributed by atoms with Crippen LogP contribution in [-0.2, 0) is 6.54 Å². The summed E-state index contributed by atoms with van der Waals surface area (Å²) in [5.41, 5.74) is 2.14. The van der Waals surface area contributed by atoms with Gasteiger partial charge in [-0.3, -0.25) is 4.68 Å². The van der Waals surface area contributed by atoms with Crippen LogP contribution >= 0.6 is 0 Å². The lowest BCUT2D eigenvalue weighted by molar-refractivity contribution is 0.629. The first kappa shape index (κ1) is 10.0. The van der Waals surface area contributed by atoms with E-state index in [-0.39, 0.29) is 5.82 Å². The monoisotopic (exact) mass is 226 g/mol. The van der Waals surface area contributed by atoms with Gasteiger partial charge in [-0.1, -0.05) is 30.3 Å². The van der Waals surface area contributed by atoms with E-state index < -0.39 is 0 Å². The van der Waals surface area contributed by atoms with E-state index in [1.807, 2.05) is 22.9 Å². The summed E-state index contributed by atoms with van der Waals surface area (Å²) in [6.07, 6.45) is 1.70. The highest BCUT2D eigenvalue weighted by molar-refractivity contribution is 5.78. The fourth-order valence-electron chi connectivity index (χ4n) is 1.94. The van der Waals surface area contributed by atoms with Gasteiger partial charge in [0.2, 0.25) is 0 Å².